The molecule has 2 saturated heterocycles. The number of nitrogens with two attached hydrogens (primary N) is 1. The van der Waals surface area contributed by atoms with Crippen LogP contribution in [0.15, 0.2) is 30.3 Å². The molecular formula is C21H29N7O2. The lowest BCUT2D eigenvalue weighted by Gasteiger charge is -2.36. The lowest BCUT2D eigenvalue weighted by Crippen LogP contribution is -2.46. The maximum Gasteiger partial charge on any atom is 0.353 e. The normalized spacial score (nSPS) is 20.4. The van der Waals surface area contributed by atoms with Crippen molar-refractivity contribution in [3.63, 3.8) is 0 Å². The molecule has 9 heteroatoms. The molecule has 1 atom stereocenters. The third-order valence-corrected chi connectivity index (χ3v) is 5.92. The summed E-state index contributed by atoms with van der Waals surface area (Å²) in [6.45, 7) is 7.87. The molecule has 2 fully saturated rings. The highest BCUT2D eigenvalue weighted by Gasteiger charge is 2.31. The van der Waals surface area contributed by atoms with Gasteiger partial charge in [0.25, 0.3) is 0 Å². The molecule has 0 unspecified atom stereocenters. The molecular weight excluding hydrogens is 382 g/mol. The molecule has 0 aliphatic carbocycles. The van der Waals surface area contributed by atoms with E-state index in [-0.39, 0.29) is 11.5 Å². The van der Waals surface area contributed by atoms with Gasteiger partial charge in [0.15, 0.2) is 0 Å². The number of nitrogen functional groups attached to an aromatic ring is 1. The minimum Gasteiger partial charge on any atom is -0.378 e. The summed E-state index contributed by atoms with van der Waals surface area (Å²) in [4.78, 5) is 26.6. The first kappa shape index (κ1) is 20.3. The van der Waals surface area contributed by atoms with Crippen molar-refractivity contribution >= 4 is 23.3 Å². The molecule has 9 nitrogen and oxygen atoms in total. The zero-order valence-electron chi connectivity index (χ0n) is 17.4. The summed E-state index contributed by atoms with van der Waals surface area (Å²) in [7, 11) is 0. The Morgan fingerprint density at radius 1 is 1.10 bits per heavy atom. The molecule has 1 aromatic carbocycles. The van der Waals surface area contributed by atoms with E-state index in [2.05, 4.69) is 51.0 Å². The van der Waals surface area contributed by atoms with Gasteiger partial charge in [-0.2, -0.15) is 9.97 Å². The summed E-state index contributed by atoms with van der Waals surface area (Å²) >= 11 is 0. The van der Waals surface area contributed by atoms with Crippen LogP contribution < -0.4 is 15.5 Å². The van der Waals surface area contributed by atoms with E-state index in [1.54, 1.807) is 0 Å². The molecule has 2 N–H and O–H groups in total. The molecule has 3 heterocycles. The predicted octanol–water partition coefficient (Wildman–Crippen LogP) is 2.53. The van der Waals surface area contributed by atoms with Gasteiger partial charge in [-0.15, -0.1) is 0 Å². The van der Waals surface area contributed by atoms with Crippen LogP contribution >= 0.6 is 0 Å². The van der Waals surface area contributed by atoms with E-state index in [0.717, 1.165) is 58.7 Å². The summed E-state index contributed by atoms with van der Waals surface area (Å²) in [5.41, 5.74) is 7.17. The van der Waals surface area contributed by atoms with Crippen LogP contribution in [0.2, 0.25) is 0 Å². The smallest absolute Gasteiger partial charge is 0.353 e. The average Bonchev–Trinajstić information content (AvgIpc) is 2.74. The van der Waals surface area contributed by atoms with Crippen molar-refractivity contribution < 1.29 is 4.92 Å². The number of nitrogens with zero attached hydrogens (tertiary/aromatic N) is 6. The van der Waals surface area contributed by atoms with E-state index in [0.29, 0.717) is 17.7 Å². The summed E-state index contributed by atoms with van der Waals surface area (Å²) in [5, 5.41) is 11.7. The number of benzene rings is 1. The lowest BCUT2D eigenvalue weighted by molar-refractivity contribution is -0.383. The third kappa shape index (κ3) is 4.46. The van der Waals surface area contributed by atoms with Gasteiger partial charge in [0.2, 0.25) is 17.6 Å². The second kappa shape index (κ2) is 8.83. The molecule has 4 rings (SSSR count). The Morgan fingerprint density at radius 3 is 2.50 bits per heavy atom. The first-order valence-corrected chi connectivity index (χ1v) is 10.6. The molecule has 0 radical (unpaired) electrons. The quantitative estimate of drug-likeness (QED) is 0.591. The van der Waals surface area contributed by atoms with E-state index < -0.39 is 4.92 Å². The van der Waals surface area contributed by atoms with Crippen LogP contribution in [0.5, 0.6) is 0 Å². The van der Waals surface area contributed by atoms with Crippen molar-refractivity contribution in [2.24, 2.45) is 5.92 Å². The van der Waals surface area contributed by atoms with Crippen LogP contribution in [0.4, 0.5) is 23.3 Å². The fourth-order valence-electron chi connectivity index (χ4n) is 4.31. The number of aromatic nitrogens is 2. The van der Waals surface area contributed by atoms with E-state index in [9.17, 15) is 10.1 Å². The topological polar surface area (TPSA) is 105 Å². The van der Waals surface area contributed by atoms with Gasteiger partial charge in [0, 0.05) is 45.8 Å². The monoisotopic (exact) mass is 411 g/mol. The Bertz CT molecular complexity index is 884. The Morgan fingerprint density at radius 2 is 1.83 bits per heavy atom. The zero-order chi connectivity index (χ0) is 21.1. The fourth-order valence-corrected chi connectivity index (χ4v) is 4.31. The van der Waals surface area contributed by atoms with Crippen molar-refractivity contribution in [1.29, 1.82) is 0 Å². The second-order valence-corrected chi connectivity index (χ2v) is 8.28. The predicted molar refractivity (Wildman–Crippen MR) is 118 cm³/mol. The fraction of sp³-hybridized carbons (Fsp3) is 0.524. The van der Waals surface area contributed by atoms with Crippen LogP contribution in [0.3, 0.4) is 0 Å². The first-order valence-electron chi connectivity index (χ1n) is 10.6. The van der Waals surface area contributed by atoms with Gasteiger partial charge in [0.05, 0.1) is 4.92 Å². The average molecular weight is 412 g/mol. The third-order valence-electron chi connectivity index (χ3n) is 5.92. The Kier molecular flexibility index (Phi) is 5.98. The Balaban J connectivity index is 1.51. The molecule has 0 amide bonds. The van der Waals surface area contributed by atoms with E-state index in [1.807, 2.05) is 11.0 Å². The molecule has 0 saturated carbocycles. The standard InChI is InChI=1S/C21H29N7O2/c1-16-6-5-9-27(14-16)20-18(28(29)30)19(22)23-21(24-20)26-12-10-25(11-13-26)15-17-7-3-2-4-8-17/h2-4,7-8,16H,5-6,9-15H2,1H3,(H2,22,23,24)/t16-/m1/s1. The number of piperazine rings is 1. The molecule has 1 aromatic heterocycles. The molecule has 2 aliphatic heterocycles. The minimum atomic E-state index is -0.453. The highest BCUT2D eigenvalue weighted by atomic mass is 16.6. The summed E-state index contributed by atoms with van der Waals surface area (Å²) in [6.07, 6.45) is 2.12. The lowest BCUT2D eigenvalue weighted by atomic mass is 10.0. The first-order chi connectivity index (χ1) is 14.5. The van der Waals surface area contributed by atoms with Crippen molar-refractivity contribution in [3.05, 3.63) is 46.0 Å². The maximum absolute atomic E-state index is 11.7. The molecule has 160 valence electrons. The zero-order valence-corrected chi connectivity index (χ0v) is 17.4. The van der Waals surface area contributed by atoms with Gasteiger partial charge in [-0.05, 0) is 24.3 Å². The van der Waals surface area contributed by atoms with Crippen LogP contribution in [-0.2, 0) is 6.54 Å². The second-order valence-electron chi connectivity index (χ2n) is 8.28. The van der Waals surface area contributed by atoms with E-state index in [4.69, 9.17) is 5.73 Å². The highest BCUT2D eigenvalue weighted by Crippen LogP contribution is 2.35. The van der Waals surface area contributed by atoms with Crippen molar-refractivity contribution in [2.75, 3.05) is 54.8 Å². The van der Waals surface area contributed by atoms with E-state index >= 15 is 0 Å². The summed E-state index contributed by atoms with van der Waals surface area (Å²) in [6, 6.07) is 10.4. The van der Waals surface area contributed by atoms with Gasteiger partial charge in [-0.3, -0.25) is 15.0 Å². The van der Waals surface area contributed by atoms with Crippen molar-refractivity contribution in [2.45, 2.75) is 26.3 Å². The molecule has 2 aromatic rings. The van der Waals surface area contributed by atoms with Gasteiger partial charge >= 0.3 is 5.69 Å². The van der Waals surface area contributed by atoms with Gasteiger partial charge in [-0.1, -0.05) is 37.3 Å². The number of rotatable bonds is 5. The molecule has 2 aliphatic rings. The van der Waals surface area contributed by atoms with Crippen LogP contribution in [-0.4, -0.2) is 59.1 Å². The van der Waals surface area contributed by atoms with Crippen molar-refractivity contribution in [1.82, 2.24) is 14.9 Å². The maximum atomic E-state index is 11.7. The molecule has 0 spiro atoms. The summed E-state index contributed by atoms with van der Waals surface area (Å²) in [5.74, 6) is 1.27. The van der Waals surface area contributed by atoms with Crippen LogP contribution in [0.1, 0.15) is 25.3 Å². The molecule has 0 bridgehead atoms. The van der Waals surface area contributed by atoms with Crippen LogP contribution in [0.25, 0.3) is 0 Å². The van der Waals surface area contributed by atoms with Gasteiger partial charge < -0.3 is 15.5 Å². The Hall–Kier alpha value is -2.94. The largest absolute Gasteiger partial charge is 0.378 e. The number of nitro groups is 1. The number of hydrogen-bond acceptors (Lipinski definition) is 8. The highest BCUT2D eigenvalue weighted by molar-refractivity contribution is 5.71. The SMILES string of the molecule is C[C@@H]1CCCN(c2nc(N3CCN(Cc4ccccc4)CC3)nc(N)c2[N+](=O)[O-])C1. The van der Waals surface area contributed by atoms with E-state index in [1.165, 1.54) is 5.56 Å². The number of hydrogen-bond donors (Lipinski definition) is 1. The van der Waals surface area contributed by atoms with Crippen LogP contribution in [0, 0.1) is 16.0 Å². The Labute approximate surface area is 176 Å². The van der Waals surface area contributed by atoms with Gasteiger partial charge in [0.1, 0.15) is 0 Å². The minimum absolute atomic E-state index is 0.0510. The number of piperidine rings is 1. The van der Waals surface area contributed by atoms with Gasteiger partial charge in [-0.25, -0.2) is 0 Å². The molecule has 30 heavy (non-hydrogen) atoms. The van der Waals surface area contributed by atoms with Crippen molar-refractivity contribution in [3.8, 4) is 0 Å². The number of anilines is 3. The summed E-state index contributed by atoms with van der Waals surface area (Å²) < 4.78 is 0.